The van der Waals surface area contributed by atoms with Crippen LogP contribution in [0.15, 0.2) is 334 Å². The summed E-state index contributed by atoms with van der Waals surface area (Å²) in [5.41, 5.74) is 24.1. The lowest BCUT2D eigenvalue weighted by Gasteiger charge is -2.26. The number of nitrogens with zero attached hydrogens (tertiary/aromatic N) is 3. The van der Waals surface area contributed by atoms with Crippen molar-refractivity contribution < 1.29 is 0 Å². The lowest BCUT2D eigenvalue weighted by atomic mass is 9.99. The van der Waals surface area contributed by atoms with Crippen LogP contribution in [0.4, 0.5) is 34.1 Å². The largest absolute Gasteiger partial charge is 0.311 e. The van der Waals surface area contributed by atoms with E-state index in [1.54, 1.807) is 0 Å². The SMILES string of the molecule is c1ccc(-c2ccc(N(c3ccc(-c4ccccc4)cc3)c3ccc(-c4cccc5c6cccc(-c7ccc(N(c8ccc(-c9ccccc9)cc8)c8ccc(-c9ccccc9)cc8)cc7)c6n(-c6ccccc6)c45)cc3)cc2)cc1. The molecular formula is C78H55N3. The van der Waals surface area contributed by atoms with Gasteiger partial charge in [0.15, 0.2) is 0 Å². The van der Waals surface area contributed by atoms with E-state index in [1.165, 1.54) is 77.4 Å². The standard InChI is InChI=1S/C78H55N3/c1-6-18-56(19-7-1)60-32-44-67(45-33-60)79(68-46-34-61(35-47-68)57-20-8-2-9-21-57)71-52-40-64(41-53-71)73-28-16-30-75-76-31-17-29-74(78(76)81(77(73)75)66-26-14-5-15-27-66)65-42-54-72(55-43-65)80(69-48-36-62(37-49-69)58-22-10-3-11-23-58)70-50-38-63(39-51-70)59-24-12-4-13-25-59/h1-55H. The Morgan fingerprint density at radius 2 is 0.395 bits per heavy atom. The highest BCUT2D eigenvalue weighted by Gasteiger charge is 2.22. The average Bonchev–Trinajstić information content (AvgIpc) is 3.89. The van der Waals surface area contributed by atoms with E-state index in [0.717, 1.165) is 50.9 Å². The van der Waals surface area contributed by atoms with E-state index in [0.29, 0.717) is 0 Å². The predicted octanol–water partition coefficient (Wildman–Crippen LogP) is 21.7. The molecule has 13 aromatic carbocycles. The monoisotopic (exact) mass is 1030 g/mol. The molecule has 3 heteroatoms. The molecule has 0 aliphatic carbocycles. The first-order valence-corrected chi connectivity index (χ1v) is 27.7. The molecule has 0 saturated heterocycles. The maximum Gasteiger partial charge on any atom is 0.0619 e. The molecule has 382 valence electrons. The summed E-state index contributed by atoms with van der Waals surface area (Å²) in [6, 6.07) is 121. The third-order valence-electron chi connectivity index (χ3n) is 15.6. The first-order chi connectivity index (χ1) is 40.2. The van der Waals surface area contributed by atoms with Gasteiger partial charge < -0.3 is 14.4 Å². The highest BCUT2D eigenvalue weighted by Crippen LogP contribution is 2.45. The van der Waals surface area contributed by atoms with Crippen LogP contribution < -0.4 is 9.80 Å². The van der Waals surface area contributed by atoms with E-state index in [2.05, 4.69) is 348 Å². The molecule has 81 heavy (non-hydrogen) atoms. The van der Waals surface area contributed by atoms with Gasteiger partial charge in [0.1, 0.15) is 0 Å². The lowest BCUT2D eigenvalue weighted by Crippen LogP contribution is -2.09. The Hall–Kier alpha value is -10.7. The third-order valence-corrected chi connectivity index (χ3v) is 15.6. The van der Waals surface area contributed by atoms with Crippen LogP contribution in [0.5, 0.6) is 0 Å². The van der Waals surface area contributed by atoms with Crippen LogP contribution in [0.1, 0.15) is 0 Å². The molecule has 0 N–H and O–H groups in total. The number of fused-ring (bicyclic) bond motifs is 3. The van der Waals surface area contributed by atoms with Crippen LogP contribution in [0.2, 0.25) is 0 Å². The second kappa shape index (κ2) is 21.6. The van der Waals surface area contributed by atoms with Crippen molar-refractivity contribution in [3.63, 3.8) is 0 Å². The van der Waals surface area contributed by atoms with E-state index in [4.69, 9.17) is 0 Å². The van der Waals surface area contributed by atoms with Crippen molar-refractivity contribution in [3.05, 3.63) is 334 Å². The summed E-state index contributed by atoms with van der Waals surface area (Å²) in [6.45, 7) is 0. The predicted molar refractivity (Wildman–Crippen MR) is 343 cm³/mol. The summed E-state index contributed by atoms with van der Waals surface area (Å²) < 4.78 is 2.49. The molecule has 14 rings (SSSR count). The van der Waals surface area contributed by atoms with Gasteiger partial charge in [0, 0.05) is 61.7 Å². The average molecular weight is 1030 g/mol. The molecule has 0 bridgehead atoms. The van der Waals surface area contributed by atoms with Crippen LogP contribution in [-0.4, -0.2) is 4.57 Å². The molecule has 0 radical (unpaired) electrons. The molecule has 0 aliphatic heterocycles. The molecule has 0 fully saturated rings. The number of aromatic nitrogens is 1. The van der Waals surface area contributed by atoms with Crippen LogP contribution in [0.25, 0.3) is 94.3 Å². The van der Waals surface area contributed by atoms with Gasteiger partial charge in [0.05, 0.1) is 11.0 Å². The van der Waals surface area contributed by atoms with Crippen LogP contribution in [0.3, 0.4) is 0 Å². The molecule has 0 amide bonds. The molecule has 0 unspecified atom stereocenters. The Labute approximate surface area is 473 Å². The zero-order valence-electron chi connectivity index (χ0n) is 44.6. The van der Waals surface area contributed by atoms with Crippen molar-refractivity contribution >= 4 is 55.9 Å². The normalized spacial score (nSPS) is 11.2. The quantitative estimate of drug-likeness (QED) is 0.114. The third kappa shape index (κ3) is 9.54. The van der Waals surface area contributed by atoms with Crippen molar-refractivity contribution in [3.8, 4) is 72.4 Å². The van der Waals surface area contributed by atoms with E-state index < -0.39 is 0 Å². The van der Waals surface area contributed by atoms with Gasteiger partial charge in [0.25, 0.3) is 0 Å². The lowest BCUT2D eigenvalue weighted by molar-refractivity contribution is 1.18. The minimum Gasteiger partial charge on any atom is -0.311 e. The Kier molecular flexibility index (Phi) is 13.0. The summed E-state index contributed by atoms with van der Waals surface area (Å²) in [4.78, 5) is 4.71. The number of benzene rings is 13. The number of anilines is 6. The van der Waals surface area contributed by atoms with E-state index in [-0.39, 0.29) is 0 Å². The van der Waals surface area contributed by atoms with Crippen LogP contribution in [-0.2, 0) is 0 Å². The minimum atomic E-state index is 1.08. The number of hydrogen-bond acceptors (Lipinski definition) is 2. The number of para-hydroxylation sites is 3. The smallest absolute Gasteiger partial charge is 0.0619 e. The molecular weight excluding hydrogens is 979 g/mol. The fourth-order valence-electron chi connectivity index (χ4n) is 11.6. The molecule has 1 heterocycles. The maximum absolute atomic E-state index is 2.49. The summed E-state index contributed by atoms with van der Waals surface area (Å²) in [5, 5.41) is 2.41. The molecule has 3 nitrogen and oxygen atoms in total. The summed E-state index contributed by atoms with van der Waals surface area (Å²) in [6.07, 6.45) is 0. The van der Waals surface area contributed by atoms with E-state index in [9.17, 15) is 0 Å². The van der Waals surface area contributed by atoms with Gasteiger partial charge in [-0.1, -0.05) is 249 Å². The van der Waals surface area contributed by atoms with E-state index >= 15 is 0 Å². The second-order valence-electron chi connectivity index (χ2n) is 20.5. The van der Waals surface area contributed by atoms with Gasteiger partial charge in [-0.2, -0.15) is 0 Å². The van der Waals surface area contributed by atoms with Gasteiger partial charge in [0.2, 0.25) is 0 Å². The molecule has 0 spiro atoms. The molecule has 0 saturated carbocycles. The van der Waals surface area contributed by atoms with Gasteiger partial charge >= 0.3 is 0 Å². The molecule has 0 atom stereocenters. The summed E-state index contributed by atoms with van der Waals surface area (Å²) in [7, 11) is 0. The Morgan fingerprint density at radius 3 is 0.654 bits per heavy atom. The Bertz CT molecular complexity index is 3970. The summed E-state index contributed by atoms with van der Waals surface area (Å²) >= 11 is 0. The molecule has 1 aromatic heterocycles. The zero-order valence-corrected chi connectivity index (χ0v) is 44.6. The molecule has 14 aromatic rings. The van der Waals surface area contributed by atoms with Crippen molar-refractivity contribution in [2.45, 2.75) is 0 Å². The minimum absolute atomic E-state index is 1.08. The Morgan fingerprint density at radius 1 is 0.173 bits per heavy atom. The first-order valence-electron chi connectivity index (χ1n) is 27.7. The van der Waals surface area contributed by atoms with Gasteiger partial charge in [-0.05, 0) is 141 Å². The second-order valence-corrected chi connectivity index (χ2v) is 20.5. The van der Waals surface area contributed by atoms with Crippen LogP contribution in [0, 0.1) is 0 Å². The van der Waals surface area contributed by atoms with Crippen molar-refractivity contribution in [2.75, 3.05) is 9.80 Å². The van der Waals surface area contributed by atoms with Gasteiger partial charge in [-0.3, -0.25) is 0 Å². The highest BCUT2D eigenvalue weighted by atomic mass is 15.1. The van der Waals surface area contributed by atoms with Gasteiger partial charge in [-0.15, -0.1) is 0 Å². The zero-order chi connectivity index (χ0) is 53.9. The van der Waals surface area contributed by atoms with Gasteiger partial charge in [-0.25, -0.2) is 0 Å². The van der Waals surface area contributed by atoms with Crippen LogP contribution >= 0.6 is 0 Å². The topological polar surface area (TPSA) is 11.4 Å². The van der Waals surface area contributed by atoms with E-state index in [1.807, 2.05) is 0 Å². The van der Waals surface area contributed by atoms with Crippen molar-refractivity contribution in [1.82, 2.24) is 4.57 Å². The highest BCUT2D eigenvalue weighted by molar-refractivity contribution is 6.17. The maximum atomic E-state index is 2.49. The fourth-order valence-corrected chi connectivity index (χ4v) is 11.6. The first kappa shape index (κ1) is 48.6. The number of rotatable bonds is 13. The van der Waals surface area contributed by atoms with Crippen molar-refractivity contribution in [1.29, 1.82) is 0 Å². The summed E-state index contributed by atoms with van der Waals surface area (Å²) in [5.74, 6) is 0. The van der Waals surface area contributed by atoms with Crippen molar-refractivity contribution in [2.24, 2.45) is 0 Å². The molecule has 0 aliphatic rings. The number of hydrogen-bond donors (Lipinski definition) is 0. The Balaban J connectivity index is 0.854. The fraction of sp³-hybridized carbons (Fsp3) is 0.